The van der Waals surface area contributed by atoms with E-state index in [1.807, 2.05) is 7.05 Å². The van der Waals surface area contributed by atoms with E-state index in [0.717, 1.165) is 12.8 Å². The van der Waals surface area contributed by atoms with Gasteiger partial charge in [-0.25, -0.2) is 0 Å². The van der Waals surface area contributed by atoms with Crippen molar-refractivity contribution in [3.05, 3.63) is 0 Å². The summed E-state index contributed by atoms with van der Waals surface area (Å²) in [5.41, 5.74) is 5.32. The fourth-order valence-electron chi connectivity index (χ4n) is 2.13. The highest BCUT2D eigenvalue weighted by atomic mass is 16.2. The van der Waals surface area contributed by atoms with Gasteiger partial charge in [-0.3, -0.25) is 4.79 Å². The molecule has 0 aromatic heterocycles. The van der Waals surface area contributed by atoms with Crippen molar-refractivity contribution in [2.45, 2.75) is 32.6 Å². The minimum Gasteiger partial charge on any atom is -0.344 e. The molecule has 0 unspecified atom stereocenters. The Balaban J connectivity index is 2.54. The van der Waals surface area contributed by atoms with Crippen molar-refractivity contribution in [3.63, 3.8) is 0 Å². The van der Waals surface area contributed by atoms with Gasteiger partial charge in [0.05, 0.1) is 0 Å². The zero-order valence-electron chi connectivity index (χ0n) is 8.68. The molecule has 1 aliphatic carbocycles. The van der Waals surface area contributed by atoms with Crippen molar-refractivity contribution < 1.29 is 4.79 Å². The first kappa shape index (κ1) is 10.5. The van der Waals surface area contributed by atoms with Crippen LogP contribution in [0.1, 0.15) is 32.6 Å². The van der Waals surface area contributed by atoms with Crippen molar-refractivity contribution in [2.75, 3.05) is 20.1 Å². The van der Waals surface area contributed by atoms with Crippen LogP contribution in [0, 0.1) is 5.41 Å². The molecule has 76 valence electrons. The van der Waals surface area contributed by atoms with E-state index in [1.165, 1.54) is 12.8 Å². The van der Waals surface area contributed by atoms with Crippen LogP contribution in [0.2, 0.25) is 0 Å². The number of likely N-dealkylation sites (N-methyl/N-ethyl adjacent to an activating group) is 1. The van der Waals surface area contributed by atoms with E-state index in [0.29, 0.717) is 13.1 Å². The maximum absolute atomic E-state index is 11.9. The van der Waals surface area contributed by atoms with Gasteiger partial charge < -0.3 is 10.6 Å². The van der Waals surface area contributed by atoms with E-state index in [-0.39, 0.29) is 11.3 Å². The Morgan fingerprint density at radius 2 is 2.00 bits per heavy atom. The van der Waals surface area contributed by atoms with E-state index in [9.17, 15) is 4.79 Å². The molecule has 0 aliphatic heterocycles. The topological polar surface area (TPSA) is 46.3 Å². The maximum atomic E-state index is 11.9. The van der Waals surface area contributed by atoms with Gasteiger partial charge in [0.1, 0.15) is 0 Å². The van der Waals surface area contributed by atoms with E-state index in [1.54, 1.807) is 4.90 Å². The van der Waals surface area contributed by atoms with E-state index < -0.39 is 0 Å². The largest absolute Gasteiger partial charge is 0.344 e. The van der Waals surface area contributed by atoms with E-state index in [4.69, 9.17) is 5.73 Å². The lowest BCUT2D eigenvalue weighted by Crippen LogP contribution is -2.40. The normalized spacial score (nSPS) is 20.2. The Morgan fingerprint density at radius 1 is 1.46 bits per heavy atom. The SMILES string of the molecule is CN(CCN)C(=O)C1(C)CCCC1. The predicted molar refractivity (Wildman–Crippen MR) is 53.3 cm³/mol. The van der Waals surface area contributed by atoms with E-state index in [2.05, 4.69) is 6.92 Å². The van der Waals surface area contributed by atoms with Gasteiger partial charge in [-0.1, -0.05) is 19.8 Å². The maximum Gasteiger partial charge on any atom is 0.228 e. The molecular formula is C10H20N2O. The molecule has 3 nitrogen and oxygen atoms in total. The fourth-order valence-corrected chi connectivity index (χ4v) is 2.13. The molecule has 1 aliphatic rings. The standard InChI is InChI=1S/C10H20N2O/c1-10(5-3-4-6-10)9(13)12(2)8-7-11/h3-8,11H2,1-2H3. The number of carbonyl (C=O) groups is 1. The summed E-state index contributed by atoms with van der Waals surface area (Å²) in [6.45, 7) is 3.31. The highest BCUT2D eigenvalue weighted by molar-refractivity contribution is 5.82. The van der Waals surface area contributed by atoms with Crippen LogP contribution in [0.25, 0.3) is 0 Å². The second-order valence-corrected chi connectivity index (χ2v) is 4.28. The van der Waals surface area contributed by atoms with Gasteiger partial charge in [-0.05, 0) is 12.8 Å². The van der Waals surface area contributed by atoms with Crippen LogP contribution in [-0.2, 0) is 4.79 Å². The van der Waals surface area contributed by atoms with Crippen LogP contribution in [0.4, 0.5) is 0 Å². The van der Waals surface area contributed by atoms with Gasteiger partial charge in [0.15, 0.2) is 0 Å². The summed E-state index contributed by atoms with van der Waals surface area (Å²) in [6.07, 6.45) is 4.47. The van der Waals surface area contributed by atoms with Crippen LogP contribution in [0.15, 0.2) is 0 Å². The Bertz CT molecular complexity index is 185. The average Bonchev–Trinajstić information content (AvgIpc) is 2.52. The minimum absolute atomic E-state index is 0.0933. The van der Waals surface area contributed by atoms with Gasteiger partial charge in [-0.15, -0.1) is 0 Å². The monoisotopic (exact) mass is 184 g/mol. The molecule has 0 radical (unpaired) electrons. The summed E-state index contributed by atoms with van der Waals surface area (Å²) in [5, 5.41) is 0. The zero-order valence-corrected chi connectivity index (χ0v) is 8.68. The van der Waals surface area contributed by atoms with Gasteiger partial charge >= 0.3 is 0 Å². The minimum atomic E-state index is -0.0933. The summed E-state index contributed by atoms with van der Waals surface area (Å²) in [5.74, 6) is 0.274. The Morgan fingerprint density at radius 3 is 2.46 bits per heavy atom. The molecule has 3 heteroatoms. The number of rotatable bonds is 3. The molecule has 0 bridgehead atoms. The molecule has 1 amide bonds. The quantitative estimate of drug-likeness (QED) is 0.711. The lowest BCUT2D eigenvalue weighted by atomic mass is 9.87. The third-order valence-electron chi connectivity index (χ3n) is 3.03. The first-order valence-corrected chi connectivity index (χ1v) is 5.06. The summed E-state index contributed by atoms with van der Waals surface area (Å²) >= 11 is 0. The summed E-state index contributed by atoms with van der Waals surface area (Å²) < 4.78 is 0. The van der Waals surface area contributed by atoms with Crippen LogP contribution in [0.3, 0.4) is 0 Å². The van der Waals surface area contributed by atoms with Gasteiger partial charge in [0.25, 0.3) is 0 Å². The molecule has 13 heavy (non-hydrogen) atoms. The van der Waals surface area contributed by atoms with E-state index >= 15 is 0 Å². The third-order valence-corrected chi connectivity index (χ3v) is 3.03. The van der Waals surface area contributed by atoms with Crippen molar-refractivity contribution in [1.82, 2.24) is 4.90 Å². The van der Waals surface area contributed by atoms with Crippen LogP contribution in [0.5, 0.6) is 0 Å². The number of nitrogens with zero attached hydrogens (tertiary/aromatic N) is 1. The molecule has 1 rings (SSSR count). The highest BCUT2D eigenvalue weighted by Crippen LogP contribution is 2.38. The lowest BCUT2D eigenvalue weighted by molar-refractivity contribution is -0.139. The Hall–Kier alpha value is -0.570. The highest BCUT2D eigenvalue weighted by Gasteiger charge is 2.37. The van der Waals surface area contributed by atoms with Crippen LogP contribution < -0.4 is 5.73 Å². The van der Waals surface area contributed by atoms with Crippen molar-refractivity contribution >= 4 is 5.91 Å². The fraction of sp³-hybridized carbons (Fsp3) is 0.900. The molecule has 0 heterocycles. The smallest absolute Gasteiger partial charge is 0.228 e. The molecular weight excluding hydrogens is 164 g/mol. The molecule has 0 saturated heterocycles. The van der Waals surface area contributed by atoms with Gasteiger partial charge in [0, 0.05) is 25.6 Å². The molecule has 0 aromatic rings. The predicted octanol–water partition coefficient (Wildman–Crippen LogP) is 0.984. The lowest BCUT2D eigenvalue weighted by Gasteiger charge is -2.28. The Kier molecular flexibility index (Phi) is 3.31. The summed E-state index contributed by atoms with van der Waals surface area (Å²) in [6, 6.07) is 0. The molecule has 1 saturated carbocycles. The molecule has 2 N–H and O–H groups in total. The summed E-state index contributed by atoms with van der Waals surface area (Å²) in [4.78, 5) is 13.7. The number of hydrogen-bond donors (Lipinski definition) is 1. The summed E-state index contributed by atoms with van der Waals surface area (Å²) in [7, 11) is 1.85. The average molecular weight is 184 g/mol. The first-order valence-electron chi connectivity index (χ1n) is 5.06. The molecule has 1 fully saturated rings. The number of nitrogens with two attached hydrogens (primary N) is 1. The van der Waals surface area contributed by atoms with Crippen molar-refractivity contribution in [1.29, 1.82) is 0 Å². The van der Waals surface area contributed by atoms with Crippen molar-refractivity contribution in [3.8, 4) is 0 Å². The molecule has 0 aromatic carbocycles. The zero-order chi connectivity index (χ0) is 9.90. The number of carbonyl (C=O) groups excluding carboxylic acids is 1. The Labute approximate surface area is 80.3 Å². The molecule has 0 atom stereocenters. The number of amides is 1. The van der Waals surface area contributed by atoms with Crippen LogP contribution in [-0.4, -0.2) is 30.9 Å². The molecule has 0 spiro atoms. The third kappa shape index (κ3) is 2.21. The van der Waals surface area contributed by atoms with Crippen LogP contribution >= 0.6 is 0 Å². The van der Waals surface area contributed by atoms with Gasteiger partial charge in [0.2, 0.25) is 5.91 Å². The number of hydrogen-bond acceptors (Lipinski definition) is 2. The van der Waals surface area contributed by atoms with Crippen molar-refractivity contribution in [2.24, 2.45) is 11.1 Å². The first-order chi connectivity index (χ1) is 6.10. The van der Waals surface area contributed by atoms with Gasteiger partial charge in [-0.2, -0.15) is 0 Å². The second kappa shape index (κ2) is 4.09. The second-order valence-electron chi connectivity index (χ2n) is 4.28.